The molecule has 0 atom stereocenters. The van der Waals surface area contributed by atoms with Crippen molar-refractivity contribution in [3.63, 3.8) is 0 Å². The van der Waals surface area contributed by atoms with E-state index in [2.05, 4.69) is 42.7 Å². The van der Waals surface area contributed by atoms with E-state index in [4.69, 9.17) is 0 Å². The van der Waals surface area contributed by atoms with Crippen molar-refractivity contribution < 1.29 is 0 Å². The minimum absolute atomic E-state index is 0.847. The Bertz CT molecular complexity index is 309. The minimum Gasteiger partial charge on any atom is -0.371 e. The highest BCUT2D eigenvalue weighted by Gasteiger charge is 2.16. The monoisotopic (exact) mass is 193 g/mol. The second-order valence-corrected chi connectivity index (χ2v) is 3.77. The molecule has 1 aromatic carbocycles. The molecule has 0 amide bonds. The van der Waals surface area contributed by atoms with Crippen molar-refractivity contribution in [3.05, 3.63) is 29.3 Å². The van der Waals surface area contributed by atoms with Gasteiger partial charge in [-0.15, -0.1) is 0 Å². The Hall–Kier alpha value is -0.630. The molecule has 1 aliphatic rings. The number of fused-ring (bicyclic) bond motifs is 1. The van der Waals surface area contributed by atoms with Crippen LogP contribution < -0.4 is 4.90 Å². The lowest BCUT2D eigenvalue weighted by Crippen LogP contribution is -2.18. The molecule has 1 aliphatic heterocycles. The van der Waals surface area contributed by atoms with E-state index in [1.54, 1.807) is 0 Å². The molecule has 2 rings (SSSR count). The molecule has 1 aromatic rings. The molecule has 1 nitrogen and oxygen atoms in total. The molecule has 0 saturated carbocycles. The zero-order valence-electron chi connectivity index (χ0n) is 7.95. The number of anilines is 1. The smallest absolute Gasteiger partial charge is 0.0399 e. The van der Waals surface area contributed by atoms with Crippen LogP contribution in [-0.4, -0.2) is 13.1 Å². The number of nitrogens with zero attached hydrogens (tertiary/aromatic N) is 1. The first-order valence-electron chi connectivity index (χ1n) is 4.82. The highest BCUT2D eigenvalue weighted by molar-refractivity contribution is 7.79. The molecule has 0 saturated heterocycles. The van der Waals surface area contributed by atoms with Crippen molar-refractivity contribution >= 4 is 18.3 Å². The number of thiol groups is 1. The molecule has 0 bridgehead atoms. The maximum atomic E-state index is 4.28. The zero-order valence-corrected chi connectivity index (χ0v) is 8.85. The summed E-state index contributed by atoms with van der Waals surface area (Å²) in [6, 6.07) is 6.70. The lowest BCUT2D eigenvalue weighted by molar-refractivity contribution is 0.868. The van der Waals surface area contributed by atoms with E-state index in [-0.39, 0.29) is 0 Å². The van der Waals surface area contributed by atoms with Crippen LogP contribution in [0.4, 0.5) is 5.69 Å². The number of likely N-dealkylation sites (N-methyl/N-ethyl adjacent to an activating group) is 1. The van der Waals surface area contributed by atoms with Gasteiger partial charge < -0.3 is 4.90 Å². The third-order valence-corrected chi connectivity index (χ3v) is 3.07. The Kier molecular flexibility index (Phi) is 2.49. The molecule has 1 heterocycles. The standard InChI is InChI=1S/C11H15NS/c1-2-12-6-5-10-7-9(8-13)3-4-11(10)12/h3-4,7,13H,2,5-6,8H2,1H3. The van der Waals surface area contributed by atoms with Gasteiger partial charge in [0.1, 0.15) is 0 Å². The Morgan fingerprint density at radius 3 is 3.00 bits per heavy atom. The van der Waals surface area contributed by atoms with Crippen LogP contribution in [0.5, 0.6) is 0 Å². The maximum Gasteiger partial charge on any atom is 0.0399 e. The summed E-state index contributed by atoms with van der Waals surface area (Å²) < 4.78 is 0. The van der Waals surface area contributed by atoms with Crippen LogP contribution in [0.2, 0.25) is 0 Å². The van der Waals surface area contributed by atoms with Gasteiger partial charge in [-0.05, 0) is 30.5 Å². The summed E-state index contributed by atoms with van der Waals surface area (Å²) in [5.41, 5.74) is 4.25. The normalized spacial score (nSPS) is 14.8. The first kappa shape index (κ1) is 8.95. The first-order valence-corrected chi connectivity index (χ1v) is 5.46. The van der Waals surface area contributed by atoms with Crippen LogP contribution in [0.1, 0.15) is 18.1 Å². The third kappa shape index (κ3) is 1.55. The van der Waals surface area contributed by atoms with E-state index in [1.165, 1.54) is 29.8 Å². The van der Waals surface area contributed by atoms with Crippen molar-refractivity contribution in [2.24, 2.45) is 0 Å². The van der Waals surface area contributed by atoms with E-state index in [9.17, 15) is 0 Å². The fourth-order valence-electron chi connectivity index (χ4n) is 1.95. The summed E-state index contributed by atoms with van der Waals surface area (Å²) in [4.78, 5) is 2.43. The lowest BCUT2D eigenvalue weighted by Gasteiger charge is -2.16. The second kappa shape index (κ2) is 3.62. The van der Waals surface area contributed by atoms with Gasteiger partial charge in [-0.3, -0.25) is 0 Å². The highest BCUT2D eigenvalue weighted by atomic mass is 32.1. The molecule has 0 N–H and O–H groups in total. The lowest BCUT2D eigenvalue weighted by atomic mass is 10.1. The van der Waals surface area contributed by atoms with Crippen molar-refractivity contribution in [1.29, 1.82) is 0 Å². The molecule has 70 valence electrons. The summed E-state index contributed by atoms with van der Waals surface area (Å²) in [6.07, 6.45) is 1.20. The fourth-order valence-corrected chi connectivity index (χ4v) is 2.15. The summed E-state index contributed by atoms with van der Waals surface area (Å²) in [7, 11) is 0. The molecule has 0 aliphatic carbocycles. The molecule has 0 aromatic heterocycles. The van der Waals surface area contributed by atoms with Crippen LogP contribution in [0.3, 0.4) is 0 Å². The molecular weight excluding hydrogens is 178 g/mol. The van der Waals surface area contributed by atoms with Crippen molar-refractivity contribution in [2.75, 3.05) is 18.0 Å². The molecule has 0 radical (unpaired) electrons. The fraction of sp³-hybridized carbons (Fsp3) is 0.455. The first-order chi connectivity index (χ1) is 6.35. The number of rotatable bonds is 2. The van der Waals surface area contributed by atoms with E-state index >= 15 is 0 Å². The Morgan fingerprint density at radius 1 is 1.46 bits per heavy atom. The second-order valence-electron chi connectivity index (χ2n) is 3.45. The third-order valence-electron chi connectivity index (χ3n) is 2.70. The van der Waals surface area contributed by atoms with Gasteiger partial charge in [0.25, 0.3) is 0 Å². The number of hydrogen-bond acceptors (Lipinski definition) is 2. The van der Waals surface area contributed by atoms with Gasteiger partial charge in [0, 0.05) is 24.5 Å². The molecule has 0 fully saturated rings. The van der Waals surface area contributed by atoms with E-state index in [0.29, 0.717) is 0 Å². The average Bonchev–Trinajstić information content (AvgIpc) is 2.59. The number of benzene rings is 1. The van der Waals surface area contributed by atoms with Gasteiger partial charge in [0.15, 0.2) is 0 Å². The van der Waals surface area contributed by atoms with Gasteiger partial charge in [-0.25, -0.2) is 0 Å². The van der Waals surface area contributed by atoms with Crippen LogP contribution in [0.25, 0.3) is 0 Å². The molecule has 2 heteroatoms. The molecule has 0 spiro atoms. The summed E-state index contributed by atoms with van der Waals surface area (Å²) in [6.45, 7) is 4.51. The van der Waals surface area contributed by atoms with Crippen LogP contribution >= 0.6 is 12.6 Å². The average molecular weight is 193 g/mol. The molecular formula is C11H15NS. The number of hydrogen-bond donors (Lipinski definition) is 1. The van der Waals surface area contributed by atoms with Gasteiger partial charge in [-0.1, -0.05) is 12.1 Å². The summed E-state index contributed by atoms with van der Waals surface area (Å²) >= 11 is 4.28. The van der Waals surface area contributed by atoms with Gasteiger partial charge >= 0.3 is 0 Å². The predicted molar refractivity (Wildman–Crippen MR) is 60.7 cm³/mol. The van der Waals surface area contributed by atoms with Crippen LogP contribution in [-0.2, 0) is 12.2 Å². The molecule has 13 heavy (non-hydrogen) atoms. The Balaban J connectivity index is 2.34. The van der Waals surface area contributed by atoms with Gasteiger partial charge in [0.05, 0.1) is 0 Å². The topological polar surface area (TPSA) is 3.24 Å². The van der Waals surface area contributed by atoms with Crippen LogP contribution in [0, 0.1) is 0 Å². The van der Waals surface area contributed by atoms with Crippen molar-refractivity contribution in [2.45, 2.75) is 19.1 Å². The maximum absolute atomic E-state index is 4.28. The Morgan fingerprint density at radius 2 is 2.31 bits per heavy atom. The largest absolute Gasteiger partial charge is 0.371 e. The summed E-state index contributed by atoms with van der Waals surface area (Å²) in [5.74, 6) is 0.847. The van der Waals surface area contributed by atoms with Gasteiger partial charge in [-0.2, -0.15) is 12.6 Å². The van der Waals surface area contributed by atoms with E-state index in [0.717, 1.165) is 12.3 Å². The predicted octanol–water partition coefficient (Wildman–Crippen LogP) is 2.50. The van der Waals surface area contributed by atoms with Crippen molar-refractivity contribution in [1.82, 2.24) is 0 Å². The molecule has 0 unspecified atom stereocenters. The Labute approximate surface area is 85.2 Å². The van der Waals surface area contributed by atoms with Crippen LogP contribution in [0.15, 0.2) is 18.2 Å². The van der Waals surface area contributed by atoms with E-state index in [1.807, 2.05) is 0 Å². The quantitative estimate of drug-likeness (QED) is 0.706. The summed E-state index contributed by atoms with van der Waals surface area (Å²) in [5, 5.41) is 0. The van der Waals surface area contributed by atoms with Crippen molar-refractivity contribution in [3.8, 4) is 0 Å². The van der Waals surface area contributed by atoms with E-state index < -0.39 is 0 Å². The minimum atomic E-state index is 0.847. The highest BCUT2D eigenvalue weighted by Crippen LogP contribution is 2.28. The van der Waals surface area contributed by atoms with Gasteiger partial charge in [0.2, 0.25) is 0 Å². The SMILES string of the molecule is CCN1CCc2cc(CS)ccc21. The zero-order chi connectivity index (χ0) is 9.26.